The summed E-state index contributed by atoms with van der Waals surface area (Å²) in [5.41, 5.74) is 2.90. The highest BCUT2D eigenvalue weighted by Crippen LogP contribution is 2.22. The highest BCUT2D eigenvalue weighted by Gasteiger charge is 2.13. The van der Waals surface area contributed by atoms with Crippen LogP contribution >= 0.6 is 23.4 Å². The van der Waals surface area contributed by atoms with Gasteiger partial charge in [0.25, 0.3) is 0 Å². The molecule has 2 N–H and O–H groups in total. The lowest BCUT2D eigenvalue weighted by Crippen LogP contribution is -2.15. The normalized spacial score (nSPS) is 10.7. The van der Waals surface area contributed by atoms with E-state index < -0.39 is 0 Å². The Morgan fingerprint density at radius 3 is 2.45 bits per heavy atom. The second kappa shape index (κ2) is 9.73. The topological polar surface area (TPSA) is 84.2 Å². The van der Waals surface area contributed by atoms with Gasteiger partial charge in [-0.1, -0.05) is 35.5 Å². The molecule has 1 amide bonds. The van der Waals surface area contributed by atoms with Gasteiger partial charge in [-0.25, -0.2) is 4.98 Å². The van der Waals surface area contributed by atoms with Gasteiger partial charge in [-0.2, -0.15) is 0 Å². The zero-order chi connectivity index (χ0) is 20.8. The summed E-state index contributed by atoms with van der Waals surface area (Å²) in [7, 11) is 0. The van der Waals surface area contributed by atoms with Crippen molar-refractivity contribution in [1.29, 1.82) is 0 Å². The Morgan fingerprint density at radius 2 is 1.83 bits per heavy atom. The highest BCUT2D eigenvalue weighted by atomic mass is 35.5. The van der Waals surface area contributed by atoms with Gasteiger partial charge in [0.1, 0.15) is 0 Å². The Bertz CT molecular complexity index is 1000. The number of hydrogen-bond acceptors (Lipinski definition) is 5. The molecule has 0 unspecified atom stereocenters. The van der Waals surface area contributed by atoms with Crippen molar-refractivity contribution in [3.05, 3.63) is 76.6 Å². The summed E-state index contributed by atoms with van der Waals surface area (Å²) in [5.74, 6) is -0.0421. The van der Waals surface area contributed by atoms with Crippen LogP contribution in [0.4, 0.5) is 5.69 Å². The number of nitrogens with zero attached hydrogens (tertiary/aromatic N) is 2. The van der Waals surface area contributed by atoms with Crippen molar-refractivity contribution in [2.75, 3.05) is 11.1 Å². The van der Waals surface area contributed by atoms with Crippen molar-refractivity contribution in [3.63, 3.8) is 0 Å². The summed E-state index contributed by atoms with van der Waals surface area (Å²) >= 11 is 7.22. The van der Waals surface area contributed by atoms with Crippen LogP contribution < -0.4 is 5.32 Å². The fraction of sp³-hybridized carbons (Fsp3) is 0.190. The molecular weight excluding hydrogens is 410 g/mol. The summed E-state index contributed by atoms with van der Waals surface area (Å²) in [6.07, 6.45) is 1.61. The predicted molar refractivity (Wildman–Crippen MR) is 115 cm³/mol. The fourth-order valence-corrected chi connectivity index (χ4v) is 3.61. The number of anilines is 1. The number of aliphatic hydroxyl groups excluding tert-OH is 1. The first-order valence-electron chi connectivity index (χ1n) is 8.89. The SMILES string of the molecule is CC(=O)c1ccc(NC(=O)CSc2ncc(CO)n2Cc2ccc(Cl)cc2)cc1. The Balaban J connectivity index is 1.63. The average Bonchev–Trinajstić information content (AvgIpc) is 3.10. The summed E-state index contributed by atoms with van der Waals surface area (Å²) in [4.78, 5) is 27.9. The van der Waals surface area contributed by atoms with E-state index >= 15 is 0 Å². The van der Waals surface area contributed by atoms with Gasteiger partial charge in [-0.05, 0) is 48.9 Å². The van der Waals surface area contributed by atoms with Crippen LogP contribution in [0.15, 0.2) is 59.9 Å². The van der Waals surface area contributed by atoms with Crippen molar-refractivity contribution < 1.29 is 14.7 Å². The maximum atomic E-state index is 12.3. The van der Waals surface area contributed by atoms with Crippen molar-refractivity contribution in [2.45, 2.75) is 25.2 Å². The van der Waals surface area contributed by atoms with Crippen molar-refractivity contribution in [1.82, 2.24) is 9.55 Å². The number of imidazole rings is 1. The van der Waals surface area contributed by atoms with Crippen LogP contribution in [0.5, 0.6) is 0 Å². The zero-order valence-electron chi connectivity index (χ0n) is 15.8. The molecule has 0 saturated carbocycles. The van der Waals surface area contributed by atoms with Gasteiger partial charge in [0.2, 0.25) is 5.91 Å². The van der Waals surface area contributed by atoms with E-state index in [-0.39, 0.29) is 24.1 Å². The number of aromatic nitrogens is 2. The van der Waals surface area contributed by atoms with E-state index in [1.54, 1.807) is 30.5 Å². The molecule has 0 aliphatic carbocycles. The van der Waals surface area contributed by atoms with Gasteiger partial charge in [0.05, 0.1) is 24.3 Å². The van der Waals surface area contributed by atoms with Gasteiger partial charge in [0, 0.05) is 22.8 Å². The maximum absolute atomic E-state index is 12.3. The highest BCUT2D eigenvalue weighted by molar-refractivity contribution is 7.99. The first-order valence-corrected chi connectivity index (χ1v) is 10.3. The van der Waals surface area contributed by atoms with Crippen molar-refractivity contribution in [3.8, 4) is 0 Å². The van der Waals surface area contributed by atoms with Gasteiger partial charge in [-0.15, -0.1) is 0 Å². The smallest absolute Gasteiger partial charge is 0.234 e. The predicted octanol–water partition coefficient (Wildman–Crippen LogP) is 4.01. The van der Waals surface area contributed by atoms with Gasteiger partial charge in [0.15, 0.2) is 10.9 Å². The minimum absolute atomic E-state index is 0.0226. The van der Waals surface area contributed by atoms with E-state index in [2.05, 4.69) is 10.3 Å². The third-order valence-electron chi connectivity index (χ3n) is 4.23. The Kier molecular flexibility index (Phi) is 7.09. The van der Waals surface area contributed by atoms with Gasteiger partial charge >= 0.3 is 0 Å². The number of ketones is 1. The standard InChI is InChI=1S/C21H20ClN3O3S/c1-14(27)16-4-8-18(9-5-16)24-20(28)13-29-21-23-10-19(12-26)25(21)11-15-2-6-17(22)7-3-15/h2-10,26H,11-13H2,1H3,(H,24,28). The minimum atomic E-state index is -0.183. The van der Waals surface area contributed by atoms with Crippen LogP contribution in [-0.2, 0) is 17.9 Å². The molecule has 1 aromatic heterocycles. The molecule has 8 heteroatoms. The van der Waals surface area contributed by atoms with E-state index in [1.807, 2.05) is 28.8 Å². The van der Waals surface area contributed by atoms with E-state index in [0.717, 1.165) is 5.56 Å². The number of benzene rings is 2. The molecule has 2 aromatic carbocycles. The first-order chi connectivity index (χ1) is 14.0. The molecule has 150 valence electrons. The number of thioether (sulfide) groups is 1. The molecular formula is C21H20ClN3O3S. The van der Waals surface area contributed by atoms with Gasteiger partial charge < -0.3 is 15.0 Å². The Morgan fingerprint density at radius 1 is 1.14 bits per heavy atom. The molecule has 0 aliphatic heterocycles. The second-order valence-corrected chi connectivity index (χ2v) is 7.75. The molecule has 29 heavy (non-hydrogen) atoms. The fourth-order valence-electron chi connectivity index (χ4n) is 2.69. The first kappa shape index (κ1) is 21.1. The molecule has 0 saturated heterocycles. The number of carbonyl (C=O) groups excluding carboxylic acids is 2. The summed E-state index contributed by atoms with van der Waals surface area (Å²) in [5, 5.41) is 13.7. The van der Waals surface area contributed by atoms with Gasteiger partial charge in [-0.3, -0.25) is 9.59 Å². The lowest BCUT2D eigenvalue weighted by Gasteiger charge is -2.11. The number of carbonyl (C=O) groups is 2. The Hall–Kier alpha value is -2.61. The number of hydrogen-bond donors (Lipinski definition) is 2. The third kappa shape index (κ3) is 5.69. The molecule has 0 bridgehead atoms. The number of Topliss-reactive ketones (excluding diaryl/α,β-unsaturated/α-hetero) is 1. The molecule has 3 rings (SSSR count). The molecule has 0 radical (unpaired) electrons. The molecule has 0 atom stereocenters. The number of aliphatic hydroxyl groups is 1. The molecule has 0 aliphatic rings. The van der Waals surface area contributed by atoms with Crippen LogP contribution in [0.25, 0.3) is 0 Å². The summed E-state index contributed by atoms with van der Waals surface area (Å²) in [6, 6.07) is 14.2. The van der Waals surface area contributed by atoms with E-state index in [4.69, 9.17) is 11.6 Å². The van der Waals surface area contributed by atoms with Crippen LogP contribution in [0.1, 0.15) is 28.5 Å². The lowest BCUT2D eigenvalue weighted by atomic mass is 10.1. The van der Waals surface area contributed by atoms with E-state index in [9.17, 15) is 14.7 Å². The molecule has 0 spiro atoms. The number of amides is 1. The van der Waals surface area contributed by atoms with Crippen LogP contribution in [0.3, 0.4) is 0 Å². The second-order valence-electron chi connectivity index (χ2n) is 6.37. The number of nitrogens with one attached hydrogen (secondary N) is 1. The van der Waals surface area contributed by atoms with Crippen molar-refractivity contribution in [2.24, 2.45) is 0 Å². The van der Waals surface area contributed by atoms with E-state index in [0.29, 0.717) is 33.7 Å². The quantitative estimate of drug-likeness (QED) is 0.417. The number of rotatable bonds is 8. The summed E-state index contributed by atoms with van der Waals surface area (Å²) < 4.78 is 1.88. The summed E-state index contributed by atoms with van der Waals surface area (Å²) in [6.45, 7) is 1.87. The largest absolute Gasteiger partial charge is 0.390 e. The van der Waals surface area contributed by atoms with Crippen molar-refractivity contribution >= 4 is 40.7 Å². The minimum Gasteiger partial charge on any atom is -0.390 e. The molecule has 3 aromatic rings. The molecule has 0 fully saturated rings. The van der Waals surface area contributed by atoms with E-state index in [1.165, 1.54) is 18.7 Å². The third-order valence-corrected chi connectivity index (χ3v) is 5.47. The lowest BCUT2D eigenvalue weighted by molar-refractivity contribution is -0.113. The zero-order valence-corrected chi connectivity index (χ0v) is 17.3. The average molecular weight is 430 g/mol. The van der Waals surface area contributed by atoms with Crippen LogP contribution in [-0.4, -0.2) is 32.1 Å². The maximum Gasteiger partial charge on any atom is 0.234 e. The monoisotopic (exact) mass is 429 g/mol. The Labute approximate surface area is 177 Å². The van der Waals surface area contributed by atoms with Crippen LogP contribution in [0.2, 0.25) is 5.02 Å². The number of halogens is 1. The molecule has 6 nitrogen and oxygen atoms in total. The molecule has 1 heterocycles. The van der Waals surface area contributed by atoms with Crippen LogP contribution in [0, 0.1) is 0 Å².